The highest BCUT2D eigenvalue weighted by Gasteiger charge is 2.21. The average molecular weight is 545 g/mol. The Balaban J connectivity index is 1.54. The SMILES string of the molecule is COc1cccc(-n2c(=S)sc3c(=O)n(-c4ccccc4C)c(SCc4[nH]c5ccccc5[nH+]4)nc32)c1. The fourth-order valence-corrected chi connectivity index (χ4v) is 6.49. The van der Waals surface area contributed by atoms with Crippen LogP contribution in [0.3, 0.4) is 0 Å². The summed E-state index contributed by atoms with van der Waals surface area (Å²) >= 11 is 8.48. The summed E-state index contributed by atoms with van der Waals surface area (Å²) in [6, 6.07) is 23.5. The highest BCUT2D eigenvalue weighted by atomic mass is 32.2. The molecule has 0 bridgehead atoms. The number of rotatable bonds is 6. The minimum atomic E-state index is -0.139. The monoisotopic (exact) mass is 544 g/mol. The summed E-state index contributed by atoms with van der Waals surface area (Å²) in [6.45, 7) is 2.00. The standard InChI is InChI=1S/C27H21N5O2S3/c1-16-8-3-6-13-21(16)32-25(33)23-24(31(27(35)37-23)17-9-7-10-18(14-17)34-2)30-26(32)36-15-22-28-19-11-4-5-12-20(19)29-22/h3-14H,15H2,1-2H3,(H,28,29)/p+1. The molecule has 0 radical (unpaired) electrons. The number of imidazole rings is 1. The quantitative estimate of drug-likeness (QED) is 0.161. The van der Waals surface area contributed by atoms with E-state index < -0.39 is 0 Å². The number of benzene rings is 3. The van der Waals surface area contributed by atoms with Crippen molar-refractivity contribution in [2.45, 2.75) is 17.8 Å². The van der Waals surface area contributed by atoms with Gasteiger partial charge in [0.05, 0.1) is 18.5 Å². The Morgan fingerprint density at radius 2 is 1.89 bits per heavy atom. The lowest BCUT2D eigenvalue weighted by molar-refractivity contribution is -0.355. The van der Waals surface area contributed by atoms with Crippen LogP contribution in [0.4, 0.5) is 0 Å². The molecule has 10 heteroatoms. The summed E-state index contributed by atoms with van der Waals surface area (Å²) in [7, 11) is 1.62. The first kappa shape index (κ1) is 23.7. The van der Waals surface area contributed by atoms with Gasteiger partial charge >= 0.3 is 0 Å². The second-order valence-electron chi connectivity index (χ2n) is 8.44. The molecule has 2 N–H and O–H groups in total. The smallest absolute Gasteiger partial charge is 0.278 e. The lowest BCUT2D eigenvalue weighted by Gasteiger charge is -2.14. The normalized spacial score (nSPS) is 11.4. The molecular formula is C27H22N5O2S3+. The first-order valence-electron chi connectivity index (χ1n) is 11.5. The number of fused-ring (bicyclic) bond motifs is 2. The molecule has 7 nitrogen and oxygen atoms in total. The Labute approximate surface area is 225 Å². The van der Waals surface area contributed by atoms with Gasteiger partial charge < -0.3 is 4.74 Å². The molecule has 0 aliphatic rings. The molecule has 6 rings (SSSR count). The third kappa shape index (κ3) is 4.26. The minimum Gasteiger partial charge on any atom is -0.497 e. The van der Waals surface area contributed by atoms with Gasteiger partial charge in [-0.3, -0.25) is 13.9 Å². The highest BCUT2D eigenvalue weighted by Crippen LogP contribution is 2.30. The summed E-state index contributed by atoms with van der Waals surface area (Å²) in [5.41, 5.74) is 5.06. The number of nitrogens with one attached hydrogen (secondary N) is 2. The Morgan fingerprint density at radius 3 is 2.70 bits per heavy atom. The topological polar surface area (TPSA) is 79.0 Å². The van der Waals surface area contributed by atoms with Gasteiger partial charge in [0, 0.05) is 6.07 Å². The molecule has 3 aromatic carbocycles. The van der Waals surface area contributed by atoms with E-state index in [0.717, 1.165) is 33.8 Å². The lowest BCUT2D eigenvalue weighted by Crippen LogP contribution is -2.22. The minimum absolute atomic E-state index is 0.139. The van der Waals surface area contributed by atoms with Gasteiger partial charge in [-0.1, -0.05) is 59.5 Å². The number of methoxy groups -OCH3 is 1. The number of ether oxygens (including phenoxy) is 1. The Kier molecular flexibility index (Phi) is 6.15. The van der Waals surface area contributed by atoms with Gasteiger partial charge in [0.2, 0.25) is 0 Å². The van der Waals surface area contributed by atoms with Gasteiger partial charge in [-0.15, -0.1) is 0 Å². The molecule has 0 amide bonds. The summed E-state index contributed by atoms with van der Waals surface area (Å²) < 4.78 is 10.0. The molecule has 184 valence electrons. The van der Waals surface area contributed by atoms with Crippen LogP contribution in [0.1, 0.15) is 11.4 Å². The Morgan fingerprint density at radius 1 is 1.08 bits per heavy atom. The number of aromatic nitrogens is 5. The van der Waals surface area contributed by atoms with Gasteiger partial charge in [0.1, 0.15) is 16.2 Å². The summed E-state index contributed by atoms with van der Waals surface area (Å²) in [5.74, 6) is 2.21. The zero-order chi connectivity index (χ0) is 25.5. The van der Waals surface area contributed by atoms with Crippen LogP contribution in [-0.2, 0) is 5.75 Å². The van der Waals surface area contributed by atoms with E-state index in [0.29, 0.717) is 31.0 Å². The molecule has 3 heterocycles. The van der Waals surface area contributed by atoms with Gasteiger partial charge in [0.15, 0.2) is 25.8 Å². The Hall–Kier alpha value is -3.73. The van der Waals surface area contributed by atoms with Crippen molar-refractivity contribution >= 4 is 56.7 Å². The third-order valence-electron chi connectivity index (χ3n) is 6.09. The van der Waals surface area contributed by atoms with Crippen molar-refractivity contribution in [2.24, 2.45) is 0 Å². The number of H-pyrrole nitrogens is 2. The molecule has 0 fully saturated rings. The number of thiazole rings is 1. The van der Waals surface area contributed by atoms with Gasteiger partial charge in [0.25, 0.3) is 11.4 Å². The first-order chi connectivity index (χ1) is 18.0. The van der Waals surface area contributed by atoms with Crippen molar-refractivity contribution in [1.82, 2.24) is 19.1 Å². The van der Waals surface area contributed by atoms with Crippen molar-refractivity contribution in [2.75, 3.05) is 7.11 Å². The van der Waals surface area contributed by atoms with Crippen LogP contribution in [0.2, 0.25) is 0 Å². The molecule has 0 aliphatic carbocycles. The predicted molar refractivity (Wildman–Crippen MR) is 151 cm³/mol. The molecule has 0 aliphatic heterocycles. The molecule has 0 unspecified atom stereocenters. The predicted octanol–water partition coefficient (Wildman–Crippen LogP) is 5.87. The summed E-state index contributed by atoms with van der Waals surface area (Å²) in [6.07, 6.45) is 0. The van der Waals surface area contributed by atoms with Crippen LogP contribution in [0.15, 0.2) is 82.7 Å². The van der Waals surface area contributed by atoms with Crippen LogP contribution in [0, 0.1) is 10.9 Å². The van der Waals surface area contributed by atoms with Crippen LogP contribution in [0.25, 0.3) is 32.8 Å². The third-order valence-corrected chi connectivity index (χ3v) is 8.40. The van der Waals surface area contributed by atoms with Crippen molar-refractivity contribution in [3.63, 3.8) is 0 Å². The van der Waals surface area contributed by atoms with E-state index >= 15 is 0 Å². The molecule has 0 spiro atoms. The van der Waals surface area contributed by atoms with Crippen LogP contribution >= 0.6 is 35.3 Å². The molecular weight excluding hydrogens is 523 g/mol. The van der Waals surface area contributed by atoms with Gasteiger partial charge in [-0.2, -0.15) is 0 Å². The van der Waals surface area contributed by atoms with E-state index in [4.69, 9.17) is 21.9 Å². The number of hydrogen-bond donors (Lipinski definition) is 1. The number of hydrogen-bond acceptors (Lipinski definition) is 6. The zero-order valence-corrected chi connectivity index (χ0v) is 22.5. The van der Waals surface area contributed by atoms with E-state index in [1.807, 2.05) is 84.3 Å². The van der Waals surface area contributed by atoms with Gasteiger partial charge in [-0.05, 0) is 55.0 Å². The molecule has 0 saturated heterocycles. The fourth-order valence-electron chi connectivity index (χ4n) is 4.30. The van der Waals surface area contributed by atoms with Crippen molar-refractivity contribution in [3.8, 4) is 17.1 Å². The number of aryl methyl sites for hydroxylation is 1. The highest BCUT2D eigenvalue weighted by molar-refractivity contribution is 7.98. The average Bonchev–Trinajstić information content (AvgIpc) is 3.48. The molecule has 37 heavy (non-hydrogen) atoms. The lowest BCUT2D eigenvalue weighted by atomic mass is 10.2. The van der Waals surface area contributed by atoms with Crippen molar-refractivity contribution < 1.29 is 9.72 Å². The Bertz CT molecular complexity index is 1870. The van der Waals surface area contributed by atoms with Gasteiger partial charge in [-0.25, -0.2) is 15.0 Å². The van der Waals surface area contributed by atoms with Crippen LogP contribution in [0.5, 0.6) is 5.75 Å². The van der Waals surface area contributed by atoms with Crippen molar-refractivity contribution in [1.29, 1.82) is 0 Å². The van der Waals surface area contributed by atoms with E-state index in [1.54, 1.807) is 11.7 Å². The van der Waals surface area contributed by atoms with Crippen LogP contribution in [-0.4, -0.2) is 26.2 Å². The molecule has 0 atom stereocenters. The number of para-hydroxylation sites is 3. The summed E-state index contributed by atoms with van der Waals surface area (Å²) in [5, 5.41) is 0.586. The zero-order valence-electron chi connectivity index (χ0n) is 20.0. The van der Waals surface area contributed by atoms with E-state index in [1.165, 1.54) is 23.1 Å². The molecule has 3 aromatic heterocycles. The maximum atomic E-state index is 14.0. The van der Waals surface area contributed by atoms with Crippen molar-refractivity contribution in [3.05, 3.63) is 98.5 Å². The molecule has 0 saturated carbocycles. The maximum absolute atomic E-state index is 14.0. The largest absolute Gasteiger partial charge is 0.497 e. The number of nitrogens with zero attached hydrogens (tertiary/aromatic N) is 3. The number of aromatic amines is 2. The first-order valence-corrected chi connectivity index (χ1v) is 13.8. The van der Waals surface area contributed by atoms with E-state index in [2.05, 4.69) is 9.97 Å². The maximum Gasteiger partial charge on any atom is 0.278 e. The summed E-state index contributed by atoms with van der Waals surface area (Å²) in [4.78, 5) is 25.9. The van der Waals surface area contributed by atoms with E-state index in [9.17, 15) is 4.79 Å². The van der Waals surface area contributed by atoms with Crippen LogP contribution < -0.4 is 15.3 Å². The second kappa shape index (κ2) is 9.62. The molecule has 6 aromatic rings. The second-order valence-corrected chi connectivity index (χ2v) is 11.0. The number of thioether (sulfide) groups is 1. The van der Waals surface area contributed by atoms with E-state index in [-0.39, 0.29) is 5.56 Å². The fraction of sp³-hybridized carbons (Fsp3) is 0.111.